The summed E-state index contributed by atoms with van der Waals surface area (Å²) in [5, 5.41) is 0. The van der Waals surface area contributed by atoms with Crippen molar-refractivity contribution in [3.63, 3.8) is 0 Å². The van der Waals surface area contributed by atoms with Gasteiger partial charge >= 0.3 is 42.0 Å². The van der Waals surface area contributed by atoms with E-state index in [1.165, 1.54) is 13.8 Å². The van der Waals surface area contributed by atoms with Gasteiger partial charge in [0.15, 0.2) is 5.41 Å². The Hall–Kier alpha value is -3.46. The van der Waals surface area contributed by atoms with E-state index < -0.39 is 125 Å². The molecule has 16 heteroatoms. The molecular weight excluding hydrogens is 784 g/mol. The summed E-state index contributed by atoms with van der Waals surface area (Å²) in [6, 6.07) is 0. The molecule has 0 N–H and O–H groups in total. The van der Waals surface area contributed by atoms with Crippen molar-refractivity contribution < 1.29 is 74.8 Å². The largest absolute Gasteiger partial charge is 0.459 e. The number of fused-ring (bicyclic) bond motifs is 2. The number of hydrogen-bond donors (Lipinski definition) is 0. The summed E-state index contributed by atoms with van der Waals surface area (Å²) in [7, 11) is 0. The lowest BCUT2D eigenvalue weighted by Crippen LogP contribution is -2.49. The van der Waals surface area contributed by atoms with Gasteiger partial charge in [0.2, 0.25) is 5.67 Å². The predicted octanol–water partition coefficient (Wildman–Crippen LogP) is 7.06. The van der Waals surface area contributed by atoms with Crippen molar-refractivity contribution in [2.45, 2.75) is 179 Å². The Kier molecular flexibility index (Phi) is 11.4. The summed E-state index contributed by atoms with van der Waals surface area (Å²) < 4.78 is 88.5. The zero-order chi connectivity index (χ0) is 43.0. The standard InChI is InChI=1S/C22H29F3O6.C21H29FO6/c1-4-20(3,22(23,24)25)19(28)30-16-12-10-11-13(17(26)29-15(11)16)14(12)18(27)31-21(5-2)8-6-7-9-21;1-4-20(3,22)19(25)27-16-12-10-11-13(17(23)26-15(11)16)14(12)18(24)28-21(5-2)8-6-7-9-21/h11-16H,4-10H2,1-3H3;11-16H,4-10H2,1-3H3. The first-order valence-corrected chi connectivity index (χ1v) is 21.8. The molecule has 0 aromatic carbocycles. The van der Waals surface area contributed by atoms with E-state index in [4.69, 9.17) is 28.4 Å². The average Bonchev–Trinajstić information content (AvgIpc) is 4.06. The monoisotopic (exact) mass is 842 g/mol. The maximum Gasteiger partial charge on any atom is 0.404 e. The van der Waals surface area contributed by atoms with Crippen molar-refractivity contribution >= 4 is 35.8 Å². The van der Waals surface area contributed by atoms with E-state index in [9.17, 15) is 46.3 Å². The number of rotatable bonds is 12. The molecule has 0 spiro atoms. The topological polar surface area (TPSA) is 158 Å². The molecule has 2 aliphatic heterocycles. The van der Waals surface area contributed by atoms with Gasteiger partial charge in [-0.05, 0) is 104 Å². The lowest BCUT2D eigenvalue weighted by molar-refractivity contribution is -0.237. The molecule has 14 unspecified atom stereocenters. The molecule has 6 saturated carbocycles. The molecule has 59 heavy (non-hydrogen) atoms. The second-order valence-electron chi connectivity index (χ2n) is 18.8. The van der Waals surface area contributed by atoms with E-state index in [0.717, 1.165) is 64.7 Å². The molecule has 8 fully saturated rings. The summed E-state index contributed by atoms with van der Waals surface area (Å²) >= 11 is 0. The van der Waals surface area contributed by atoms with E-state index in [-0.39, 0.29) is 24.2 Å². The van der Waals surface area contributed by atoms with E-state index in [2.05, 4.69) is 0 Å². The third kappa shape index (κ3) is 7.11. The van der Waals surface area contributed by atoms with Gasteiger partial charge in [-0.25, -0.2) is 9.18 Å². The van der Waals surface area contributed by atoms with Gasteiger partial charge in [-0.1, -0.05) is 27.7 Å². The molecule has 8 rings (SSSR count). The highest BCUT2D eigenvalue weighted by atomic mass is 19.4. The first-order chi connectivity index (χ1) is 27.7. The number of alkyl halides is 4. The highest BCUT2D eigenvalue weighted by Gasteiger charge is 2.72. The summed E-state index contributed by atoms with van der Waals surface area (Å²) in [6.45, 7) is 8.79. The minimum Gasteiger partial charge on any atom is -0.459 e. The third-order valence-electron chi connectivity index (χ3n) is 15.9. The van der Waals surface area contributed by atoms with Crippen LogP contribution in [-0.4, -0.2) is 83.3 Å². The highest BCUT2D eigenvalue weighted by molar-refractivity contribution is 5.88. The van der Waals surface area contributed by atoms with Gasteiger partial charge in [-0.3, -0.25) is 24.0 Å². The second-order valence-corrected chi connectivity index (χ2v) is 18.8. The zero-order valence-corrected chi connectivity index (χ0v) is 34.7. The number of ether oxygens (including phenoxy) is 6. The number of halogens is 4. The Balaban J connectivity index is 0.000000180. The van der Waals surface area contributed by atoms with Crippen LogP contribution < -0.4 is 0 Å². The van der Waals surface area contributed by atoms with Gasteiger partial charge in [0.1, 0.15) is 35.6 Å². The van der Waals surface area contributed by atoms with Crippen molar-refractivity contribution in [2.24, 2.45) is 52.8 Å². The Bertz CT molecular complexity index is 1700. The molecule has 2 saturated heterocycles. The van der Waals surface area contributed by atoms with Crippen LogP contribution in [0, 0.1) is 52.8 Å². The molecule has 2 heterocycles. The third-order valence-corrected chi connectivity index (χ3v) is 15.9. The summed E-state index contributed by atoms with van der Waals surface area (Å²) in [6.07, 6.45) is 1.04. The van der Waals surface area contributed by atoms with Crippen LogP contribution >= 0.6 is 0 Å². The number of carbonyl (C=O) groups is 6. The maximum absolute atomic E-state index is 14.4. The molecule has 12 nitrogen and oxygen atoms in total. The van der Waals surface area contributed by atoms with E-state index in [1.807, 2.05) is 13.8 Å². The molecule has 0 amide bonds. The first kappa shape index (κ1) is 43.6. The fourth-order valence-electron chi connectivity index (χ4n) is 11.7. The molecule has 8 aliphatic rings. The van der Waals surface area contributed by atoms with Crippen LogP contribution in [0.4, 0.5) is 17.6 Å². The van der Waals surface area contributed by atoms with Crippen LogP contribution in [0.3, 0.4) is 0 Å². The fourth-order valence-corrected chi connectivity index (χ4v) is 11.7. The van der Waals surface area contributed by atoms with E-state index >= 15 is 0 Å². The lowest BCUT2D eigenvalue weighted by atomic mass is 9.78. The minimum atomic E-state index is -4.78. The van der Waals surface area contributed by atoms with Crippen LogP contribution in [0.5, 0.6) is 0 Å². The Morgan fingerprint density at radius 1 is 0.627 bits per heavy atom. The minimum absolute atomic E-state index is 0.00970. The van der Waals surface area contributed by atoms with Gasteiger partial charge in [-0.2, -0.15) is 13.2 Å². The predicted molar refractivity (Wildman–Crippen MR) is 196 cm³/mol. The van der Waals surface area contributed by atoms with Crippen LogP contribution in [0.2, 0.25) is 0 Å². The van der Waals surface area contributed by atoms with Gasteiger partial charge in [0.25, 0.3) is 0 Å². The molecule has 14 atom stereocenters. The normalized spacial score (nSPS) is 38.4. The molecule has 330 valence electrons. The average molecular weight is 843 g/mol. The number of esters is 6. The Morgan fingerprint density at radius 2 is 1.02 bits per heavy atom. The van der Waals surface area contributed by atoms with Crippen LogP contribution in [-0.2, 0) is 57.2 Å². The van der Waals surface area contributed by atoms with Gasteiger partial charge in [0, 0.05) is 23.7 Å². The molecule has 0 radical (unpaired) electrons. The zero-order valence-electron chi connectivity index (χ0n) is 34.7. The lowest BCUT2D eigenvalue weighted by Gasteiger charge is -2.36. The molecule has 6 aliphatic carbocycles. The van der Waals surface area contributed by atoms with Crippen LogP contribution in [0.25, 0.3) is 0 Å². The smallest absolute Gasteiger partial charge is 0.404 e. The summed E-state index contributed by atoms with van der Waals surface area (Å²) in [5.41, 5.74) is -5.77. The van der Waals surface area contributed by atoms with Crippen molar-refractivity contribution in [3.05, 3.63) is 0 Å². The van der Waals surface area contributed by atoms with Gasteiger partial charge in [0.05, 0.1) is 23.7 Å². The van der Waals surface area contributed by atoms with Gasteiger partial charge in [-0.15, -0.1) is 0 Å². The second kappa shape index (κ2) is 15.5. The molecule has 0 aromatic heterocycles. The fraction of sp³-hybridized carbons (Fsp3) is 0.860. The number of hydrogen-bond acceptors (Lipinski definition) is 12. The van der Waals surface area contributed by atoms with Crippen LogP contribution in [0.15, 0.2) is 0 Å². The van der Waals surface area contributed by atoms with E-state index in [1.54, 1.807) is 6.92 Å². The van der Waals surface area contributed by atoms with Crippen molar-refractivity contribution in [2.75, 3.05) is 0 Å². The van der Waals surface area contributed by atoms with E-state index in [0.29, 0.717) is 19.3 Å². The van der Waals surface area contributed by atoms with Crippen molar-refractivity contribution in [1.82, 2.24) is 0 Å². The molecule has 4 bridgehead atoms. The Morgan fingerprint density at radius 3 is 1.36 bits per heavy atom. The maximum atomic E-state index is 14.4. The molecular formula is C43H58F4O12. The Labute approximate surface area is 341 Å². The first-order valence-electron chi connectivity index (χ1n) is 21.8. The quantitative estimate of drug-likeness (QED) is 0.112. The van der Waals surface area contributed by atoms with Crippen LogP contribution in [0.1, 0.15) is 131 Å². The number of carbonyl (C=O) groups excluding carboxylic acids is 6. The SMILES string of the molecule is CCC1(OC(=O)C2C3CC4C(OC(=O)C42)C3OC(=O)C(C)(CC)C(F)(F)F)CCCC1.CCC1(OC(=O)C2C3CC4C(OC(=O)C42)C3OC(=O)C(C)(F)CC)CCCC1. The van der Waals surface area contributed by atoms with Crippen molar-refractivity contribution in [1.29, 1.82) is 0 Å². The van der Waals surface area contributed by atoms with Crippen molar-refractivity contribution in [3.8, 4) is 0 Å². The van der Waals surface area contributed by atoms with Gasteiger partial charge < -0.3 is 28.4 Å². The summed E-state index contributed by atoms with van der Waals surface area (Å²) in [4.78, 5) is 76.1. The molecule has 0 aromatic rings. The highest BCUT2D eigenvalue weighted by Crippen LogP contribution is 2.61. The summed E-state index contributed by atoms with van der Waals surface area (Å²) in [5.74, 6) is -8.41.